The van der Waals surface area contributed by atoms with Crippen molar-refractivity contribution in [3.05, 3.63) is 52.1 Å². The Bertz CT molecular complexity index is 1600. The highest BCUT2D eigenvalue weighted by atomic mass is 19.4. The molecule has 0 aliphatic heterocycles. The van der Waals surface area contributed by atoms with Crippen LogP contribution < -0.4 is 32.6 Å². The Morgan fingerprint density at radius 3 is 2.38 bits per heavy atom. The number of hydrogen-bond acceptors (Lipinski definition) is 10. The molecule has 15 nitrogen and oxygen atoms in total. The van der Waals surface area contributed by atoms with Gasteiger partial charge in [0, 0.05) is 23.7 Å². The fraction of sp³-hybridized carbons (Fsp3) is 0.407. The van der Waals surface area contributed by atoms with Gasteiger partial charge in [0.15, 0.2) is 11.2 Å². The zero-order valence-corrected chi connectivity index (χ0v) is 24.1. The maximum Gasteiger partial charge on any atom is 0.471 e. The van der Waals surface area contributed by atoms with E-state index in [9.17, 15) is 42.3 Å². The van der Waals surface area contributed by atoms with Crippen LogP contribution >= 0.6 is 0 Å². The van der Waals surface area contributed by atoms with Crippen molar-refractivity contribution in [2.45, 2.75) is 63.8 Å². The fourth-order valence-electron chi connectivity index (χ4n) is 4.18. The molecule has 3 amide bonds. The van der Waals surface area contributed by atoms with E-state index in [1.165, 1.54) is 12.1 Å². The van der Waals surface area contributed by atoms with Crippen LogP contribution in [0.1, 0.15) is 55.1 Å². The predicted molar refractivity (Wildman–Crippen MR) is 155 cm³/mol. The van der Waals surface area contributed by atoms with Gasteiger partial charge in [-0.25, -0.2) is 14.8 Å². The van der Waals surface area contributed by atoms with Crippen molar-refractivity contribution >= 4 is 46.5 Å². The van der Waals surface area contributed by atoms with Crippen molar-refractivity contribution in [1.82, 2.24) is 30.6 Å². The molecule has 242 valence electrons. The van der Waals surface area contributed by atoms with Gasteiger partial charge in [-0.3, -0.25) is 29.1 Å². The molecule has 45 heavy (non-hydrogen) atoms. The second kappa shape index (κ2) is 15.0. The average Bonchev–Trinajstić information content (AvgIpc) is 2.97. The van der Waals surface area contributed by atoms with Gasteiger partial charge in [0.2, 0.25) is 11.9 Å². The van der Waals surface area contributed by atoms with Gasteiger partial charge in [-0.1, -0.05) is 0 Å². The van der Waals surface area contributed by atoms with Crippen LogP contribution in [-0.2, 0) is 20.9 Å². The Kier molecular flexibility index (Phi) is 11.5. The van der Waals surface area contributed by atoms with Crippen LogP contribution in [0.2, 0.25) is 0 Å². The van der Waals surface area contributed by atoms with Crippen LogP contribution in [0, 0.1) is 0 Å². The van der Waals surface area contributed by atoms with E-state index in [2.05, 4.69) is 30.6 Å². The largest absolute Gasteiger partial charge is 0.480 e. The summed E-state index contributed by atoms with van der Waals surface area (Å²) in [4.78, 5) is 75.1. The highest BCUT2D eigenvalue weighted by molar-refractivity contribution is 5.98. The summed E-state index contributed by atoms with van der Waals surface area (Å²) in [5, 5.41) is 14.4. The number of carboxylic acid groups (broad SMARTS) is 1. The first-order chi connectivity index (χ1) is 21.2. The third-order valence-corrected chi connectivity index (χ3v) is 6.50. The molecule has 8 N–H and O–H groups in total. The molecule has 0 aliphatic carbocycles. The van der Waals surface area contributed by atoms with Gasteiger partial charge in [-0.05, 0) is 63.4 Å². The summed E-state index contributed by atoms with van der Waals surface area (Å²) >= 11 is 0. The molecule has 2 aromatic heterocycles. The number of alkyl halides is 3. The molecule has 0 saturated carbocycles. The summed E-state index contributed by atoms with van der Waals surface area (Å²) in [6.45, 7) is 1.31. The third kappa shape index (κ3) is 9.68. The Hall–Kier alpha value is -5.13. The number of anilines is 2. The standard InChI is InChI=1S/C27H32F3N9O6/c1-14(5-10-19(40)36-18(24(43)44)4-2-3-11-31)34-22(41)15-6-8-17(9-7-15)39(25(45)27(28,29)30)13-16-12-33-21-20(35-16)23(42)38-26(32)37-21/h6-9,12,14,18H,2-5,10-11,13,31H2,1H3,(H,34,41)(H,36,40)(H,43,44)(H3,32,33,37,38,42)/t14-,18+/m1/s1. The number of benzene rings is 1. The quantitative estimate of drug-likeness (QED) is 0.137. The second-order valence-electron chi connectivity index (χ2n) is 10.1. The van der Waals surface area contributed by atoms with E-state index in [1.54, 1.807) is 6.92 Å². The first kappa shape index (κ1) is 34.4. The summed E-state index contributed by atoms with van der Waals surface area (Å²) in [6.07, 6.45) is -2.71. The molecule has 0 fully saturated rings. The monoisotopic (exact) mass is 635 g/mol. The Labute approximate surface area is 253 Å². The van der Waals surface area contributed by atoms with Crippen LogP contribution in [0.3, 0.4) is 0 Å². The van der Waals surface area contributed by atoms with Crippen molar-refractivity contribution in [2.24, 2.45) is 5.73 Å². The average molecular weight is 636 g/mol. The summed E-state index contributed by atoms with van der Waals surface area (Å²) in [5.41, 5.74) is 9.36. The molecule has 0 saturated heterocycles. The summed E-state index contributed by atoms with van der Waals surface area (Å²) in [7, 11) is 0. The number of unbranched alkanes of at least 4 members (excludes halogenated alkanes) is 1. The van der Waals surface area contributed by atoms with Crippen LogP contribution in [0.25, 0.3) is 11.2 Å². The van der Waals surface area contributed by atoms with Crippen LogP contribution in [-0.4, -0.2) is 73.5 Å². The highest BCUT2D eigenvalue weighted by Crippen LogP contribution is 2.26. The van der Waals surface area contributed by atoms with Gasteiger partial charge in [-0.2, -0.15) is 18.2 Å². The third-order valence-electron chi connectivity index (χ3n) is 6.50. The molecule has 0 unspecified atom stereocenters. The van der Waals surface area contributed by atoms with E-state index in [0.717, 1.165) is 18.3 Å². The van der Waals surface area contributed by atoms with Gasteiger partial charge >= 0.3 is 18.1 Å². The van der Waals surface area contributed by atoms with Gasteiger partial charge in [0.1, 0.15) is 6.04 Å². The number of carboxylic acids is 1. The summed E-state index contributed by atoms with van der Waals surface area (Å²) in [6, 6.07) is 3.12. The number of aliphatic carboxylic acids is 1. The number of H-pyrrole nitrogens is 1. The molecule has 0 bridgehead atoms. The maximum atomic E-state index is 13.5. The zero-order chi connectivity index (χ0) is 33.3. The highest BCUT2D eigenvalue weighted by Gasteiger charge is 2.43. The molecular formula is C27H32F3N9O6. The molecule has 0 spiro atoms. The maximum absolute atomic E-state index is 13.5. The Morgan fingerprint density at radius 1 is 1.07 bits per heavy atom. The van der Waals surface area contributed by atoms with Gasteiger partial charge < -0.3 is 27.2 Å². The topological polar surface area (TPSA) is 239 Å². The number of carbonyl (C=O) groups excluding carboxylic acids is 3. The minimum atomic E-state index is -5.26. The smallest absolute Gasteiger partial charge is 0.471 e. The molecule has 2 heterocycles. The first-order valence-corrected chi connectivity index (χ1v) is 13.7. The van der Waals surface area contributed by atoms with Crippen molar-refractivity contribution in [1.29, 1.82) is 0 Å². The number of aromatic amines is 1. The molecule has 0 radical (unpaired) electrons. The number of halogens is 3. The van der Waals surface area contributed by atoms with Crippen molar-refractivity contribution in [3.63, 3.8) is 0 Å². The molecule has 3 rings (SSSR count). The van der Waals surface area contributed by atoms with E-state index in [4.69, 9.17) is 11.5 Å². The lowest BCUT2D eigenvalue weighted by Gasteiger charge is -2.24. The number of amides is 3. The molecule has 0 aliphatic rings. The SMILES string of the molecule is C[C@H](CCC(=O)N[C@@H](CCCCN)C(=O)O)NC(=O)c1ccc(N(Cc2cnc3nc(N)[nH]c(=O)c3n2)C(=O)C(F)(F)F)cc1. The number of nitrogen functional groups attached to an aromatic ring is 1. The molecular weight excluding hydrogens is 603 g/mol. The van der Waals surface area contributed by atoms with Gasteiger partial charge in [0.25, 0.3) is 11.5 Å². The second-order valence-corrected chi connectivity index (χ2v) is 10.1. The lowest BCUT2D eigenvalue weighted by Crippen LogP contribution is -2.41. The van der Waals surface area contributed by atoms with Crippen molar-refractivity contribution in [3.8, 4) is 0 Å². The number of nitrogens with one attached hydrogen (secondary N) is 3. The Balaban J connectivity index is 1.66. The van der Waals surface area contributed by atoms with Crippen LogP contribution in [0.4, 0.5) is 24.8 Å². The number of carbonyl (C=O) groups is 4. The zero-order valence-electron chi connectivity index (χ0n) is 24.1. The molecule has 1 aromatic carbocycles. The summed E-state index contributed by atoms with van der Waals surface area (Å²) in [5.74, 6) is -4.71. The van der Waals surface area contributed by atoms with E-state index in [1.807, 2.05) is 0 Å². The van der Waals surface area contributed by atoms with Crippen molar-refractivity contribution < 1.29 is 37.5 Å². The molecule has 2 atom stereocenters. The minimum absolute atomic E-state index is 0.0565. The number of rotatable bonds is 14. The Morgan fingerprint density at radius 2 is 1.76 bits per heavy atom. The van der Waals surface area contributed by atoms with Gasteiger partial charge in [-0.15, -0.1) is 0 Å². The fourth-order valence-corrected chi connectivity index (χ4v) is 4.18. The van der Waals surface area contributed by atoms with E-state index < -0.39 is 54.1 Å². The van der Waals surface area contributed by atoms with E-state index in [-0.39, 0.29) is 53.3 Å². The normalized spacial score (nSPS) is 12.7. The number of nitrogens with two attached hydrogens (primary N) is 2. The van der Waals surface area contributed by atoms with Crippen LogP contribution in [0.5, 0.6) is 0 Å². The number of fused-ring (bicyclic) bond motifs is 1. The van der Waals surface area contributed by atoms with Crippen LogP contribution in [0.15, 0.2) is 35.3 Å². The molecule has 3 aromatic rings. The lowest BCUT2D eigenvalue weighted by molar-refractivity contribution is -0.170. The number of hydrogen-bond donors (Lipinski definition) is 6. The predicted octanol–water partition coefficient (Wildman–Crippen LogP) is 0.988. The van der Waals surface area contributed by atoms with E-state index >= 15 is 0 Å². The lowest BCUT2D eigenvalue weighted by atomic mass is 10.1. The minimum Gasteiger partial charge on any atom is -0.480 e. The number of nitrogens with zero attached hydrogens (tertiary/aromatic N) is 4. The number of aromatic nitrogens is 4. The first-order valence-electron chi connectivity index (χ1n) is 13.7. The molecule has 18 heteroatoms. The van der Waals surface area contributed by atoms with Gasteiger partial charge in [0.05, 0.1) is 18.4 Å². The van der Waals surface area contributed by atoms with E-state index in [0.29, 0.717) is 24.3 Å². The summed E-state index contributed by atoms with van der Waals surface area (Å²) < 4.78 is 40.4. The van der Waals surface area contributed by atoms with Crippen molar-refractivity contribution in [2.75, 3.05) is 17.2 Å².